The first-order chi connectivity index (χ1) is 21.5. The van der Waals surface area contributed by atoms with Crippen LogP contribution in [0.25, 0.3) is 28.7 Å². The molecule has 228 valence electrons. The van der Waals surface area contributed by atoms with E-state index < -0.39 is 22.5 Å². The van der Waals surface area contributed by atoms with Crippen molar-refractivity contribution in [3.63, 3.8) is 0 Å². The number of nitro benzene ring substituents is 1. The van der Waals surface area contributed by atoms with E-state index in [0.717, 1.165) is 16.9 Å². The number of carbonyl (C=O) groups is 1. The number of benzene rings is 2. The van der Waals surface area contributed by atoms with Gasteiger partial charge in [-0.15, -0.1) is 0 Å². The molecule has 1 atom stereocenters. The fraction of sp³-hybridized carbons (Fsp3) is 0.156. The predicted molar refractivity (Wildman–Crippen MR) is 170 cm³/mol. The number of aromatic nitrogens is 1. The van der Waals surface area contributed by atoms with Crippen LogP contribution in [0.4, 0.5) is 5.69 Å². The Balaban J connectivity index is 1.46. The minimum absolute atomic E-state index is 0.0928. The van der Waals surface area contributed by atoms with Gasteiger partial charge >= 0.3 is 5.97 Å². The molecule has 0 fully saturated rings. The number of aryl methyl sites for hydroxylation is 1. The molecule has 6 rings (SSSR count). The number of rotatable bonds is 7. The Bertz CT molecular complexity index is 2220. The summed E-state index contributed by atoms with van der Waals surface area (Å²) in [5.41, 5.74) is 1.98. The average molecular weight is 665 g/mol. The third kappa shape index (κ3) is 5.66. The molecule has 0 N–H and O–H groups in total. The topological polar surface area (TPSA) is 130 Å². The summed E-state index contributed by atoms with van der Waals surface area (Å²) in [5.74, 6) is 0.920. The highest BCUT2D eigenvalue weighted by molar-refractivity contribution is 7.07. The first-order valence-electron chi connectivity index (χ1n) is 13.7. The van der Waals surface area contributed by atoms with Gasteiger partial charge in [-0.2, -0.15) is 0 Å². The molecule has 3 aromatic heterocycles. The Morgan fingerprint density at radius 3 is 2.58 bits per heavy atom. The van der Waals surface area contributed by atoms with Gasteiger partial charge in [-0.05, 0) is 68.8 Å². The van der Waals surface area contributed by atoms with Gasteiger partial charge < -0.3 is 13.6 Å². The molecule has 0 radical (unpaired) electrons. The zero-order chi connectivity index (χ0) is 32.0. The molecule has 0 amide bonds. The normalized spacial score (nSPS) is 14.8. The van der Waals surface area contributed by atoms with Crippen molar-refractivity contribution < 1.29 is 23.3 Å². The molecule has 1 aliphatic heterocycles. The molecule has 0 aliphatic carbocycles. The van der Waals surface area contributed by atoms with Gasteiger partial charge in [0.15, 0.2) is 4.80 Å². The highest BCUT2D eigenvalue weighted by atomic mass is 35.5. The molecular formula is C32H23Cl2N3O7S. The quantitative estimate of drug-likeness (QED) is 0.106. The third-order valence-corrected chi connectivity index (χ3v) is 8.94. The lowest BCUT2D eigenvalue weighted by molar-refractivity contribution is -0.384. The Kier molecular flexibility index (Phi) is 8.08. The third-order valence-electron chi connectivity index (χ3n) is 7.21. The number of nitro groups is 1. The molecule has 45 heavy (non-hydrogen) atoms. The number of carbonyl (C=O) groups excluding carboxylic acids is 1. The SMILES string of the molecule is CCOC(=O)C1=C(C)N=c2s/c(=C\c3ccc(-c4ccc(Cl)c(Cl)c4)o3)c(=O)n2[C@@H]1c1ccc(-c2cc([N+](=O)[O-])ccc2C)o1. The minimum atomic E-state index is -1.00. The number of hydrogen-bond acceptors (Lipinski definition) is 9. The molecule has 0 bridgehead atoms. The Hall–Kier alpha value is -4.71. The lowest BCUT2D eigenvalue weighted by Gasteiger charge is -2.22. The number of non-ortho nitro benzene ring substituents is 1. The summed E-state index contributed by atoms with van der Waals surface area (Å²) in [6.45, 7) is 5.27. The van der Waals surface area contributed by atoms with E-state index in [4.69, 9.17) is 36.8 Å². The van der Waals surface area contributed by atoms with E-state index in [-0.39, 0.29) is 23.6 Å². The van der Waals surface area contributed by atoms with Gasteiger partial charge in [-0.25, -0.2) is 9.79 Å². The molecule has 0 saturated heterocycles. The number of nitrogens with zero attached hydrogens (tertiary/aromatic N) is 3. The van der Waals surface area contributed by atoms with Crippen LogP contribution in [0, 0.1) is 17.0 Å². The monoisotopic (exact) mass is 663 g/mol. The number of esters is 1. The summed E-state index contributed by atoms with van der Waals surface area (Å²) in [4.78, 5) is 43.1. The summed E-state index contributed by atoms with van der Waals surface area (Å²) >= 11 is 13.3. The summed E-state index contributed by atoms with van der Waals surface area (Å²) in [7, 11) is 0. The van der Waals surface area contributed by atoms with E-state index in [1.54, 1.807) is 75.4 Å². The minimum Gasteiger partial charge on any atom is -0.463 e. The number of allylic oxidation sites excluding steroid dienone is 1. The van der Waals surface area contributed by atoms with Crippen LogP contribution >= 0.6 is 34.5 Å². The number of ether oxygens (including phenoxy) is 1. The zero-order valence-electron chi connectivity index (χ0n) is 24.0. The number of thiazole rings is 1. The van der Waals surface area contributed by atoms with E-state index in [2.05, 4.69) is 4.99 Å². The van der Waals surface area contributed by atoms with Crippen LogP contribution in [0.5, 0.6) is 0 Å². The van der Waals surface area contributed by atoms with Crippen molar-refractivity contribution in [3.05, 3.63) is 129 Å². The second kappa shape index (κ2) is 12.0. The first kappa shape index (κ1) is 30.3. The lowest BCUT2D eigenvalue weighted by Crippen LogP contribution is -2.39. The summed E-state index contributed by atoms with van der Waals surface area (Å²) in [5, 5.41) is 12.2. The van der Waals surface area contributed by atoms with E-state index in [9.17, 15) is 19.7 Å². The maximum absolute atomic E-state index is 14.0. The van der Waals surface area contributed by atoms with Gasteiger partial charge in [0.1, 0.15) is 29.1 Å². The van der Waals surface area contributed by atoms with E-state index in [1.807, 2.05) is 0 Å². The maximum atomic E-state index is 14.0. The first-order valence-corrected chi connectivity index (χ1v) is 15.2. The van der Waals surface area contributed by atoms with Crippen molar-refractivity contribution in [2.45, 2.75) is 26.8 Å². The molecule has 1 aliphatic rings. The zero-order valence-corrected chi connectivity index (χ0v) is 26.3. The van der Waals surface area contributed by atoms with E-state index >= 15 is 0 Å². The largest absolute Gasteiger partial charge is 0.463 e. The van der Waals surface area contributed by atoms with Crippen molar-refractivity contribution in [1.29, 1.82) is 0 Å². The predicted octanol–water partition coefficient (Wildman–Crippen LogP) is 6.84. The molecule has 0 unspecified atom stereocenters. The van der Waals surface area contributed by atoms with Crippen LogP contribution in [0.1, 0.15) is 37.0 Å². The second-order valence-electron chi connectivity index (χ2n) is 10.1. The number of fused-ring (bicyclic) bond motifs is 1. The summed E-state index contributed by atoms with van der Waals surface area (Å²) in [6.07, 6.45) is 1.60. The standard InChI is InChI=1S/C32H23Cl2N3O7S/c1-4-42-31(39)28-17(3)35-32-36(29(28)26-12-11-25(44-26)21-14-19(37(40)41)7-5-16(21)2)30(38)27(45-32)15-20-8-10-24(43-20)18-6-9-22(33)23(34)13-18/h5-15,29H,4H2,1-3H3/b27-15-/t29-/m1/s1. The number of halogens is 2. The Morgan fingerprint density at radius 2 is 1.84 bits per heavy atom. The average Bonchev–Trinajstić information content (AvgIpc) is 3.74. The van der Waals surface area contributed by atoms with E-state index in [0.29, 0.717) is 53.5 Å². The summed E-state index contributed by atoms with van der Waals surface area (Å²) < 4.78 is 19.3. The van der Waals surface area contributed by atoms with Crippen molar-refractivity contribution in [3.8, 4) is 22.6 Å². The molecule has 0 saturated carbocycles. The fourth-order valence-electron chi connectivity index (χ4n) is 5.06. The van der Waals surface area contributed by atoms with E-state index in [1.165, 1.54) is 16.7 Å². The van der Waals surface area contributed by atoms with Crippen molar-refractivity contribution >= 4 is 52.3 Å². The molecule has 0 spiro atoms. The van der Waals surface area contributed by atoms with Gasteiger partial charge in [0.25, 0.3) is 11.2 Å². The van der Waals surface area contributed by atoms with Crippen LogP contribution in [0.15, 0.2) is 90.6 Å². The van der Waals surface area contributed by atoms with Gasteiger partial charge in [0.05, 0.1) is 37.4 Å². The van der Waals surface area contributed by atoms with Gasteiger partial charge in [-0.1, -0.05) is 40.6 Å². The summed E-state index contributed by atoms with van der Waals surface area (Å²) in [6, 6.07) is 15.4. The lowest BCUT2D eigenvalue weighted by atomic mass is 10.0. The molecule has 2 aromatic carbocycles. The van der Waals surface area contributed by atoms with Crippen molar-refractivity contribution in [2.75, 3.05) is 6.61 Å². The van der Waals surface area contributed by atoms with Crippen molar-refractivity contribution in [2.24, 2.45) is 4.99 Å². The highest BCUT2D eigenvalue weighted by Gasteiger charge is 2.35. The maximum Gasteiger partial charge on any atom is 0.338 e. The number of hydrogen-bond donors (Lipinski definition) is 0. The Labute approximate surface area is 269 Å². The highest BCUT2D eigenvalue weighted by Crippen LogP contribution is 2.36. The van der Waals surface area contributed by atoms with Crippen LogP contribution in [-0.4, -0.2) is 22.1 Å². The molecule has 4 heterocycles. The van der Waals surface area contributed by atoms with Gasteiger partial charge in [0, 0.05) is 29.3 Å². The number of furan rings is 2. The molecule has 10 nitrogen and oxygen atoms in total. The van der Waals surface area contributed by atoms with Crippen LogP contribution in [0.3, 0.4) is 0 Å². The van der Waals surface area contributed by atoms with Crippen molar-refractivity contribution in [1.82, 2.24) is 4.57 Å². The molecule has 5 aromatic rings. The van der Waals surface area contributed by atoms with Gasteiger partial charge in [0.2, 0.25) is 0 Å². The van der Waals surface area contributed by atoms with Crippen LogP contribution in [-0.2, 0) is 9.53 Å². The van der Waals surface area contributed by atoms with Crippen LogP contribution < -0.4 is 14.9 Å². The fourth-order valence-corrected chi connectivity index (χ4v) is 6.38. The van der Waals surface area contributed by atoms with Gasteiger partial charge in [-0.3, -0.25) is 19.5 Å². The smallest absolute Gasteiger partial charge is 0.338 e. The van der Waals surface area contributed by atoms with Crippen LogP contribution in [0.2, 0.25) is 10.0 Å². The Morgan fingerprint density at radius 1 is 1.07 bits per heavy atom. The molecular weight excluding hydrogens is 641 g/mol. The molecule has 13 heteroatoms. The second-order valence-corrected chi connectivity index (χ2v) is 11.9.